The first-order valence-electron chi connectivity index (χ1n) is 13.6. The molecular formula is C29H37F3N8O. The number of amides is 2. The van der Waals surface area contributed by atoms with Gasteiger partial charge in [0.25, 0.3) is 0 Å². The van der Waals surface area contributed by atoms with Crippen molar-refractivity contribution in [2.75, 3.05) is 18.0 Å². The van der Waals surface area contributed by atoms with Crippen LogP contribution in [0, 0.1) is 0 Å². The molecule has 0 bridgehead atoms. The fourth-order valence-electron chi connectivity index (χ4n) is 4.72. The van der Waals surface area contributed by atoms with Crippen molar-refractivity contribution >= 4 is 23.4 Å². The molecule has 2 atom stereocenters. The van der Waals surface area contributed by atoms with Gasteiger partial charge in [0.15, 0.2) is 5.96 Å². The molecule has 9 N–H and O–H groups in total. The van der Waals surface area contributed by atoms with Gasteiger partial charge in [0.05, 0.1) is 11.3 Å². The molecule has 2 heterocycles. The number of carbonyl (C=O) groups excluding carboxylic acids is 1. The average molecular weight is 571 g/mol. The Morgan fingerprint density at radius 1 is 1.10 bits per heavy atom. The third-order valence-corrected chi connectivity index (χ3v) is 6.81. The summed E-state index contributed by atoms with van der Waals surface area (Å²) < 4.78 is 41.1. The fourth-order valence-corrected chi connectivity index (χ4v) is 4.72. The Balaban J connectivity index is 1.46. The Morgan fingerprint density at radius 3 is 2.54 bits per heavy atom. The Labute approximate surface area is 237 Å². The number of anilines is 1. The minimum Gasteiger partial charge on any atom is -0.370 e. The number of guanidine groups is 1. The van der Waals surface area contributed by atoms with Crippen LogP contribution in [0.1, 0.15) is 48.4 Å². The number of nitrogens with one attached hydrogen (secondary N) is 3. The van der Waals surface area contributed by atoms with Crippen LogP contribution < -0.4 is 38.1 Å². The van der Waals surface area contributed by atoms with Crippen molar-refractivity contribution in [3.63, 3.8) is 0 Å². The Kier molecular flexibility index (Phi) is 9.56. The lowest BCUT2D eigenvalue weighted by molar-refractivity contribution is -0.137. The number of rotatable bonds is 12. The summed E-state index contributed by atoms with van der Waals surface area (Å²) in [7, 11) is 0. The number of carbonyl (C=O) groups is 1. The number of nitrogens with zero attached hydrogens (tertiary/aromatic N) is 2. The van der Waals surface area contributed by atoms with Gasteiger partial charge in [-0.3, -0.25) is 9.89 Å². The second-order valence-electron chi connectivity index (χ2n) is 10.4. The molecule has 9 nitrogen and oxygen atoms in total. The summed E-state index contributed by atoms with van der Waals surface area (Å²) in [4.78, 5) is 18.3. The molecule has 2 unspecified atom stereocenters. The molecule has 0 spiro atoms. The molecule has 0 radical (unpaired) electrons. The zero-order valence-corrected chi connectivity index (χ0v) is 23.0. The smallest absolute Gasteiger partial charge is 0.370 e. The molecular weight excluding hydrogens is 533 g/mol. The van der Waals surface area contributed by atoms with Crippen LogP contribution >= 0.6 is 0 Å². The van der Waals surface area contributed by atoms with E-state index < -0.39 is 17.9 Å². The molecule has 4 rings (SSSR count). The lowest BCUT2D eigenvalue weighted by Gasteiger charge is -2.29. The molecule has 0 saturated carbocycles. The minimum absolute atomic E-state index is 0.0122. The lowest BCUT2D eigenvalue weighted by atomic mass is 9.98. The van der Waals surface area contributed by atoms with E-state index in [1.165, 1.54) is 11.0 Å². The van der Waals surface area contributed by atoms with Gasteiger partial charge in [-0.2, -0.15) is 13.2 Å². The zero-order chi connectivity index (χ0) is 29.6. The Hall–Kier alpha value is -4.03. The summed E-state index contributed by atoms with van der Waals surface area (Å²) in [5.41, 5.74) is 19.7. The van der Waals surface area contributed by atoms with Gasteiger partial charge in [0, 0.05) is 36.6 Å². The number of alkyl halides is 3. The van der Waals surface area contributed by atoms with Gasteiger partial charge in [-0.15, -0.1) is 0 Å². The highest BCUT2D eigenvalue weighted by molar-refractivity contribution is 5.96. The van der Waals surface area contributed by atoms with Crippen LogP contribution in [-0.2, 0) is 19.1 Å². The topological polar surface area (TPSA) is 147 Å². The van der Waals surface area contributed by atoms with Crippen molar-refractivity contribution in [1.29, 1.82) is 0 Å². The number of aryl methyl sites for hydroxylation is 1. The van der Waals surface area contributed by atoms with Crippen LogP contribution in [0.3, 0.4) is 0 Å². The second-order valence-corrected chi connectivity index (χ2v) is 10.4. The second kappa shape index (κ2) is 13.1. The molecule has 2 aromatic rings. The molecule has 0 fully saturated rings. The van der Waals surface area contributed by atoms with Crippen molar-refractivity contribution in [2.24, 2.45) is 22.2 Å². The van der Waals surface area contributed by atoms with Crippen molar-refractivity contribution in [1.82, 2.24) is 16.0 Å². The number of hydrogen-bond acceptors (Lipinski definition) is 5. The van der Waals surface area contributed by atoms with Gasteiger partial charge < -0.3 is 33.2 Å². The maximum absolute atomic E-state index is 13.7. The molecule has 2 aliphatic heterocycles. The number of hydrogen-bond donors (Lipinski definition) is 6. The maximum atomic E-state index is 13.7. The van der Waals surface area contributed by atoms with Gasteiger partial charge in [0.2, 0.25) is 0 Å². The molecule has 220 valence electrons. The minimum atomic E-state index is -4.47. The number of fused-ring (bicyclic) bond motifs is 1. The quantitative estimate of drug-likeness (QED) is 0.131. The Morgan fingerprint density at radius 2 is 1.85 bits per heavy atom. The highest BCUT2D eigenvalue weighted by Crippen LogP contribution is 2.34. The van der Waals surface area contributed by atoms with Crippen LogP contribution in [-0.4, -0.2) is 37.3 Å². The number of halogens is 3. The predicted octanol–water partition coefficient (Wildman–Crippen LogP) is 3.51. The third kappa shape index (κ3) is 8.24. The van der Waals surface area contributed by atoms with E-state index in [-0.39, 0.29) is 18.0 Å². The van der Waals surface area contributed by atoms with Crippen molar-refractivity contribution in [3.05, 3.63) is 82.6 Å². The number of nitrogens with two attached hydrogens (primary N) is 3. The maximum Gasteiger partial charge on any atom is 0.416 e. The summed E-state index contributed by atoms with van der Waals surface area (Å²) in [5.74, 6) is 0.0808. The summed E-state index contributed by atoms with van der Waals surface area (Å²) in [6.45, 7) is 3.84. The van der Waals surface area contributed by atoms with Crippen LogP contribution in [0.2, 0.25) is 0 Å². The molecule has 0 aromatic heterocycles. The summed E-state index contributed by atoms with van der Waals surface area (Å²) in [6, 6.07) is 11.3. The number of benzene rings is 2. The fraction of sp³-hybridized carbons (Fsp3) is 0.379. The normalized spacial score (nSPS) is 17.2. The van der Waals surface area contributed by atoms with E-state index in [4.69, 9.17) is 17.2 Å². The first-order valence-corrected chi connectivity index (χ1v) is 13.6. The van der Waals surface area contributed by atoms with Crippen LogP contribution in [0.15, 0.2) is 65.3 Å². The molecule has 2 amide bonds. The zero-order valence-electron chi connectivity index (χ0n) is 23.0. The SMILES string of the molecule is CC(N)CCCc1cc(C2=CC3=CN(c4ccc(CNCCCN=C(N)N)cc4)C(=O)NC3N2)cc(C(F)(F)F)c1. The number of aliphatic imine (C=N–C) groups is 1. The predicted molar refractivity (Wildman–Crippen MR) is 155 cm³/mol. The molecule has 2 aliphatic rings. The van der Waals surface area contributed by atoms with Gasteiger partial charge in [-0.25, -0.2) is 4.79 Å². The molecule has 41 heavy (non-hydrogen) atoms. The monoisotopic (exact) mass is 570 g/mol. The van der Waals surface area contributed by atoms with Crippen LogP contribution in [0.5, 0.6) is 0 Å². The molecule has 2 aromatic carbocycles. The summed E-state index contributed by atoms with van der Waals surface area (Å²) >= 11 is 0. The van der Waals surface area contributed by atoms with Crippen molar-refractivity contribution in [2.45, 2.75) is 57.5 Å². The summed E-state index contributed by atoms with van der Waals surface area (Å²) in [6.07, 6.45) is 1.18. The Bertz CT molecular complexity index is 1310. The average Bonchev–Trinajstić information content (AvgIpc) is 3.32. The van der Waals surface area contributed by atoms with E-state index in [1.807, 2.05) is 31.2 Å². The molecule has 0 aliphatic carbocycles. The van der Waals surface area contributed by atoms with E-state index in [9.17, 15) is 18.0 Å². The lowest BCUT2D eigenvalue weighted by Crippen LogP contribution is -2.51. The van der Waals surface area contributed by atoms with Gasteiger partial charge in [0.1, 0.15) is 6.17 Å². The third-order valence-electron chi connectivity index (χ3n) is 6.81. The van der Waals surface area contributed by atoms with E-state index in [1.54, 1.807) is 18.3 Å². The van der Waals surface area contributed by atoms with Crippen LogP contribution in [0.4, 0.5) is 23.7 Å². The van der Waals surface area contributed by atoms with Crippen LogP contribution in [0.25, 0.3) is 5.70 Å². The number of urea groups is 1. The van der Waals surface area contributed by atoms with E-state index in [0.29, 0.717) is 48.4 Å². The standard InChI is InChI=1S/C29H37F3N8O/c1-18(33)4-2-5-20-12-21(14-23(13-20)29(30,31)32)25-15-22-17-40(28(41)39-26(22)38-25)24-8-6-19(7-9-24)16-36-10-3-11-37-27(34)35/h6-9,12-15,17-18,26,36,38H,2-5,10-11,16,33H2,1H3,(H,39,41)(H4,34,35,37). The van der Waals surface area contributed by atoms with Gasteiger partial charge in [-0.1, -0.05) is 12.1 Å². The first-order chi connectivity index (χ1) is 19.5. The first kappa shape index (κ1) is 29.9. The van der Waals surface area contributed by atoms with Gasteiger partial charge >= 0.3 is 12.2 Å². The molecule has 0 saturated heterocycles. The summed E-state index contributed by atoms with van der Waals surface area (Å²) in [5, 5.41) is 9.37. The largest absolute Gasteiger partial charge is 0.416 e. The van der Waals surface area contributed by atoms with E-state index in [0.717, 1.165) is 36.6 Å². The molecule has 12 heteroatoms. The highest BCUT2D eigenvalue weighted by Gasteiger charge is 2.34. The van der Waals surface area contributed by atoms with E-state index in [2.05, 4.69) is 20.9 Å². The van der Waals surface area contributed by atoms with Crippen molar-refractivity contribution < 1.29 is 18.0 Å². The van der Waals surface area contributed by atoms with Crippen molar-refractivity contribution in [3.8, 4) is 0 Å². The highest BCUT2D eigenvalue weighted by atomic mass is 19.4. The van der Waals surface area contributed by atoms with E-state index >= 15 is 0 Å². The van der Waals surface area contributed by atoms with Gasteiger partial charge in [-0.05, 0) is 92.2 Å².